The third-order valence-electron chi connectivity index (χ3n) is 2.79. The first-order valence-corrected chi connectivity index (χ1v) is 8.20. The minimum absolute atomic E-state index is 0.00192. The van der Waals surface area contributed by atoms with Crippen molar-refractivity contribution in [3.05, 3.63) is 35.9 Å². The zero-order chi connectivity index (χ0) is 15.9. The highest BCUT2D eigenvalue weighted by Crippen LogP contribution is 2.12. The van der Waals surface area contributed by atoms with Crippen LogP contribution in [-0.4, -0.2) is 43.6 Å². The molecule has 8 heteroatoms. The highest BCUT2D eigenvalue weighted by atomic mass is 32.2. The molecule has 0 saturated carbocycles. The van der Waals surface area contributed by atoms with E-state index in [1.54, 1.807) is 30.3 Å². The fraction of sp³-hybridized carbons (Fsp3) is 0.385. The van der Waals surface area contributed by atoms with Crippen LogP contribution in [0.25, 0.3) is 0 Å². The zero-order valence-corrected chi connectivity index (χ0v) is 12.4. The van der Waals surface area contributed by atoms with Gasteiger partial charge in [-0.2, -0.15) is 0 Å². The van der Waals surface area contributed by atoms with Gasteiger partial charge in [0.2, 0.25) is 0 Å². The molecule has 0 aromatic heterocycles. The summed E-state index contributed by atoms with van der Waals surface area (Å²) in [5.74, 6) is -1.38. The number of carbonyl (C=O) groups is 2. The lowest BCUT2D eigenvalue weighted by atomic mass is 10.1. The number of carboxylic acids is 1. The van der Waals surface area contributed by atoms with Crippen molar-refractivity contribution < 1.29 is 23.1 Å². The van der Waals surface area contributed by atoms with Gasteiger partial charge in [-0.1, -0.05) is 37.3 Å². The van der Waals surface area contributed by atoms with Gasteiger partial charge in [0.05, 0.1) is 5.75 Å². The number of nitrogens with one attached hydrogen (secondary N) is 2. The van der Waals surface area contributed by atoms with E-state index in [1.807, 2.05) is 0 Å². The lowest BCUT2D eigenvalue weighted by Crippen LogP contribution is -2.42. The maximum atomic E-state index is 11.6. The van der Waals surface area contributed by atoms with Crippen LogP contribution in [0.5, 0.6) is 0 Å². The molecule has 0 spiro atoms. The molecule has 0 aliphatic carbocycles. The molecule has 1 aromatic carbocycles. The molecule has 0 fully saturated rings. The Balaban J connectivity index is 2.57. The summed E-state index contributed by atoms with van der Waals surface area (Å²) >= 11 is 0. The van der Waals surface area contributed by atoms with Crippen molar-refractivity contribution in [1.82, 2.24) is 10.6 Å². The van der Waals surface area contributed by atoms with E-state index in [-0.39, 0.29) is 18.1 Å². The molecule has 0 bridgehead atoms. The number of carbonyl (C=O) groups excluding carboxylic acids is 1. The van der Waals surface area contributed by atoms with Crippen LogP contribution in [0, 0.1) is 0 Å². The number of rotatable bonds is 7. The second-order valence-corrected chi connectivity index (χ2v) is 6.79. The number of aliphatic carboxylic acids is 1. The Morgan fingerprint density at radius 3 is 2.38 bits per heavy atom. The maximum absolute atomic E-state index is 11.6. The van der Waals surface area contributed by atoms with Crippen molar-refractivity contribution in [2.45, 2.75) is 13.0 Å². The first kappa shape index (κ1) is 17.0. The summed E-state index contributed by atoms with van der Waals surface area (Å²) in [6.07, 6.45) is 0. The van der Waals surface area contributed by atoms with Crippen molar-refractivity contribution in [2.24, 2.45) is 0 Å². The second-order valence-electron chi connectivity index (χ2n) is 4.32. The zero-order valence-electron chi connectivity index (χ0n) is 11.6. The molecular weight excluding hydrogens is 296 g/mol. The Hall–Kier alpha value is -2.09. The van der Waals surface area contributed by atoms with E-state index < -0.39 is 27.9 Å². The van der Waals surface area contributed by atoms with Gasteiger partial charge in [-0.25, -0.2) is 18.0 Å². The normalized spacial score (nSPS) is 12.4. The van der Waals surface area contributed by atoms with Crippen molar-refractivity contribution in [2.75, 3.05) is 18.1 Å². The van der Waals surface area contributed by atoms with Gasteiger partial charge in [0, 0.05) is 12.3 Å². The van der Waals surface area contributed by atoms with Crippen LogP contribution >= 0.6 is 0 Å². The van der Waals surface area contributed by atoms with Crippen molar-refractivity contribution >= 4 is 21.8 Å². The summed E-state index contributed by atoms with van der Waals surface area (Å²) in [7, 11) is -3.17. The fourth-order valence-corrected chi connectivity index (χ4v) is 2.28. The van der Waals surface area contributed by atoms with Crippen LogP contribution in [0.4, 0.5) is 4.79 Å². The number of hydrogen-bond acceptors (Lipinski definition) is 4. The fourth-order valence-electron chi connectivity index (χ4n) is 1.58. The minimum Gasteiger partial charge on any atom is -0.479 e. The number of urea groups is 1. The molecule has 0 aliphatic rings. The minimum atomic E-state index is -3.17. The van der Waals surface area contributed by atoms with Crippen LogP contribution in [-0.2, 0) is 14.6 Å². The molecule has 1 rings (SSSR count). The number of benzene rings is 1. The maximum Gasteiger partial charge on any atom is 0.330 e. The van der Waals surface area contributed by atoms with Crippen LogP contribution in [0.3, 0.4) is 0 Å². The third-order valence-corrected chi connectivity index (χ3v) is 4.50. The van der Waals surface area contributed by atoms with Crippen molar-refractivity contribution in [3.63, 3.8) is 0 Å². The lowest BCUT2D eigenvalue weighted by molar-refractivity contribution is -0.139. The summed E-state index contributed by atoms with van der Waals surface area (Å²) in [6.45, 7) is 1.45. The van der Waals surface area contributed by atoms with E-state index in [2.05, 4.69) is 10.6 Å². The van der Waals surface area contributed by atoms with Gasteiger partial charge in [0.25, 0.3) is 0 Å². The smallest absolute Gasteiger partial charge is 0.330 e. The monoisotopic (exact) mass is 314 g/mol. The predicted molar refractivity (Wildman–Crippen MR) is 77.7 cm³/mol. The van der Waals surface area contributed by atoms with Crippen LogP contribution < -0.4 is 10.6 Å². The lowest BCUT2D eigenvalue weighted by Gasteiger charge is -2.15. The van der Waals surface area contributed by atoms with Crippen LogP contribution in [0.15, 0.2) is 30.3 Å². The first-order chi connectivity index (χ1) is 9.85. The van der Waals surface area contributed by atoms with E-state index >= 15 is 0 Å². The van der Waals surface area contributed by atoms with E-state index in [9.17, 15) is 18.0 Å². The first-order valence-electron chi connectivity index (χ1n) is 6.38. The van der Waals surface area contributed by atoms with E-state index in [1.165, 1.54) is 6.92 Å². The van der Waals surface area contributed by atoms with Gasteiger partial charge in [-0.15, -0.1) is 0 Å². The molecule has 1 aromatic rings. The molecule has 116 valence electrons. The Bertz CT molecular complexity index is 586. The SMILES string of the molecule is CCS(=O)(=O)CCNC(=O)NC(C(=O)O)c1ccccc1. The Morgan fingerprint density at radius 1 is 1.24 bits per heavy atom. The molecule has 2 amide bonds. The molecular formula is C13H18N2O5S. The summed E-state index contributed by atoms with van der Waals surface area (Å²) in [4.78, 5) is 22.8. The summed E-state index contributed by atoms with van der Waals surface area (Å²) < 4.78 is 22.5. The van der Waals surface area contributed by atoms with E-state index in [0.29, 0.717) is 5.56 Å². The van der Waals surface area contributed by atoms with Crippen LogP contribution in [0.1, 0.15) is 18.5 Å². The molecule has 0 radical (unpaired) electrons. The summed E-state index contributed by atoms with van der Waals surface area (Å²) in [5.41, 5.74) is 0.432. The van der Waals surface area contributed by atoms with Crippen molar-refractivity contribution in [1.29, 1.82) is 0 Å². The molecule has 0 heterocycles. The van der Waals surface area contributed by atoms with Gasteiger partial charge in [0.1, 0.15) is 0 Å². The van der Waals surface area contributed by atoms with E-state index in [4.69, 9.17) is 5.11 Å². The van der Waals surface area contributed by atoms with E-state index in [0.717, 1.165) is 0 Å². The Morgan fingerprint density at radius 2 is 1.86 bits per heavy atom. The van der Waals surface area contributed by atoms with Gasteiger partial charge in [0.15, 0.2) is 15.9 Å². The molecule has 21 heavy (non-hydrogen) atoms. The summed E-state index contributed by atoms with van der Waals surface area (Å²) in [6, 6.07) is 6.32. The van der Waals surface area contributed by atoms with Gasteiger partial charge in [-0.3, -0.25) is 0 Å². The molecule has 1 unspecified atom stereocenters. The highest BCUT2D eigenvalue weighted by Gasteiger charge is 2.21. The Labute approximate surface area is 123 Å². The van der Waals surface area contributed by atoms with Gasteiger partial charge in [-0.05, 0) is 5.56 Å². The van der Waals surface area contributed by atoms with Crippen LogP contribution in [0.2, 0.25) is 0 Å². The number of sulfone groups is 1. The number of carboxylic acid groups (broad SMARTS) is 1. The molecule has 3 N–H and O–H groups in total. The molecule has 1 atom stereocenters. The standard InChI is InChI=1S/C13H18N2O5S/c1-2-21(19,20)9-8-14-13(18)15-11(12(16)17)10-6-4-3-5-7-10/h3-7,11H,2,8-9H2,1H3,(H,16,17)(H2,14,15,18). The number of hydrogen-bond donors (Lipinski definition) is 3. The molecule has 0 aliphatic heterocycles. The average molecular weight is 314 g/mol. The van der Waals surface area contributed by atoms with Crippen molar-refractivity contribution in [3.8, 4) is 0 Å². The topological polar surface area (TPSA) is 113 Å². The molecule has 7 nitrogen and oxygen atoms in total. The summed E-state index contributed by atoms with van der Waals surface area (Å²) in [5, 5.41) is 13.8. The van der Waals surface area contributed by atoms with Gasteiger partial charge < -0.3 is 15.7 Å². The largest absolute Gasteiger partial charge is 0.479 e. The predicted octanol–water partition coefficient (Wildman–Crippen LogP) is 0.546. The average Bonchev–Trinajstić information content (AvgIpc) is 2.45. The quantitative estimate of drug-likeness (QED) is 0.680. The Kier molecular flexibility index (Phi) is 6.16. The second kappa shape index (κ2) is 7.63. The molecule has 0 saturated heterocycles. The third kappa shape index (κ3) is 5.82. The number of amides is 2. The van der Waals surface area contributed by atoms with Gasteiger partial charge >= 0.3 is 12.0 Å². The highest BCUT2D eigenvalue weighted by molar-refractivity contribution is 7.91.